The first-order valence-corrected chi connectivity index (χ1v) is 9.49. The van der Waals surface area contributed by atoms with Crippen LogP contribution in [0.5, 0.6) is 0 Å². The molecule has 3 aliphatic heterocycles. The Morgan fingerprint density at radius 2 is 1.82 bits per heavy atom. The van der Waals surface area contributed by atoms with Crippen LogP contribution < -0.4 is 0 Å². The van der Waals surface area contributed by atoms with Gasteiger partial charge in [0.15, 0.2) is 0 Å². The highest BCUT2D eigenvalue weighted by molar-refractivity contribution is 5.96. The highest BCUT2D eigenvalue weighted by atomic mass is 16.6. The van der Waals surface area contributed by atoms with Gasteiger partial charge in [0.05, 0.1) is 18.6 Å². The van der Waals surface area contributed by atoms with Crippen molar-refractivity contribution in [2.45, 2.75) is 38.0 Å². The first-order chi connectivity index (χ1) is 13.5. The first-order valence-electron chi connectivity index (χ1n) is 9.49. The lowest BCUT2D eigenvalue weighted by Crippen LogP contribution is -2.50. The molecular weight excluding hydrogens is 364 g/mol. The standard InChI is InChI=1S/C20H22N2O6/c1-27-19(25)12-8-10-21(11-9-12)17(24)15-6-7-16(23)22(15)18-13-4-2-3-5-14(13)20(26)28-18/h2-5,12,15,18H,6-11H2,1H3/t15-,18-/m0/s1. The van der Waals surface area contributed by atoms with Crippen molar-refractivity contribution >= 4 is 23.8 Å². The smallest absolute Gasteiger partial charge is 0.340 e. The molecule has 0 N–H and O–H groups in total. The normalized spacial score (nSPS) is 24.9. The molecule has 3 heterocycles. The fourth-order valence-corrected chi connectivity index (χ4v) is 4.29. The minimum absolute atomic E-state index is 0.158. The molecule has 28 heavy (non-hydrogen) atoms. The molecule has 0 unspecified atom stereocenters. The first kappa shape index (κ1) is 18.5. The number of esters is 2. The molecule has 2 atom stereocenters. The van der Waals surface area contributed by atoms with Crippen molar-refractivity contribution in [3.8, 4) is 0 Å². The molecule has 8 nitrogen and oxygen atoms in total. The Hall–Kier alpha value is -2.90. The molecule has 0 saturated carbocycles. The second-order valence-corrected chi connectivity index (χ2v) is 7.32. The van der Waals surface area contributed by atoms with Crippen LogP contribution in [0.2, 0.25) is 0 Å². The summed E-state index contributed by atoms with van der Waals surface area (Å²) >= 11 is 0. The summed E-state index contributed by atoms with van der Waals surface area (Å²) < 4.78 is 10.2. The topological polar surface area (TPSA) is 93.2 Å². The van der Waals surface area contributed by atoms with E-state index in [9.17, 15) is 19.2 Å². The van der Waals surface area contributed by atoms with E-state index >= 15 is 0 Å². The van der Waals surface area contributed by atoms with Gasteiger partial charge in [-0.05, 0) is 25.3 Å². The van der Waals surface area contributed by atoms with Gasteiger partial charge in [-0.2, -0.15) is 0 Å². The number of piperidine rings is 1. The maximum Gasteiger partial charge on any atom is 0.340 e. The molecule has 0 radical (unpaired) electrons. The van der Waals surface area contributed by atoms with Gasteiger partial charge in [0.2, 0.25) is 18.0 Å². The van der Waals surface area contributed by atoms with Crippen molar-refractivity contribution in [2.24, 2.45) is 5.92 Å². The number of amides is 2. The van der Waals surface area contributed by atoms with Gasteiger partial charge >= 0.3 is 11.9 Å². The molecule has 4 rings (SSSR count). The second-order valence-electron chi connectivity index (χ2n) is 7.32. The van der Waals surface area contributed by atoms with Crippen LogP contribution in [-0.2, 0) is 23.9 Å². The third kappa shape index (κ3) is 3.02. The van der Waals surface area contributed by atoms with E-state index in [-0.39, 0.29) is 30.1 Å². The van der Waals surface area contributed by atoms with Crippen molar-refractivity contribution in [1.82, 2.24) is 9.80 Å². The Morgan fingerprint density at radius 3 is 2.54 bits per heavy atom. The van der Waals surface area contributed by atoms with E-state index in [2.05, 4.69) is 0 Å². The summed E-state index contributed by atoms with van der Waals surface area (Å²) in [6, 6.07) is 6.27. The molecule has 0 spiro atoms. The Bertz CT molecular complexity index is 830. The number of methoxy groups -OCH3 is 1. The number of carbonyl (C=O) groups excluding carboxylic acids is 4. The molecule has 2 fully saturated rings. The quantitative estimate of drug-likeness (QED) is 0.726. The van der Waals surface area contributed by atoms with Crippen LogP contribution in [0.4, 0.5) is 0 Å². The molecule has 1 aromatic carbocycles. The summed E-state index contributed by atoms with van der Waals surface area (Å²) in [6.45, 7) is 0.885. The number of cyclic esters (lactones) is 1. The SMILES string of the molecule is COC(=O)C1CCN(C(=O)[C@@H]2CCC(=O)N2[C@H]2OC(=O)c3ccccc32)CC1. The van der Waals surface area contributed by atoms with E-state index < -0.39 is 18.2 Å². The second kappa shape index (κ2) is 7.26. The van der Waals surface area contributed by atoms with Gasteiger partial charge in [0, 0.05) is 25.1 Å². The van der Waals surface area contributed by atoms with E-state index in [1.54, 1.807) is 29.2 Å². The minimum Gasteiger partial charge on any atom is -0.469 e. The number of likely N-dealkylation sites (tertiary alicyclic amines) is 2. The summed E-state index contributed by atoms with van der Waals surface area (Å²) in [5.74, 6) is -1.28. The van der Waals surface area contributed by atoms with Crippen LogP contribution in [-0.4, -0.2) is 59.8 Å². The lowest BCUT2D eigenvalue weighted by molar-refractivity contribution is -0.153. The van der Waals surface area contributed by atoms with Crippen LogP contribution >= 0.6 is 0 Å². The Balaban J connectivity index is 1.51. The van der Waals surface area contributed by atoms with Crippen LogP contribution in [0.1, 0.15) is 47.8 Å². The summed E-state index contributed by atoms with van der Waals surface area (Å²) in [5, 5.41) is 0. The number of benzene rings is 1. The third-order valence-electron chi connectivity index (χ3n) is 5.80. The number of hydrogen-bond donors (Lipinski definition) is 0. The number of hydrogen-bond acceptors (Lipinski definition) is 6. The largest absolute Gasteiger partial charge is 0.469 e. The molecule has 8 heteroatoms. The van der Waals surface area contributed by atoms with E-state index in [1.807, 2.05) is 0 Å². The summed E-state index contributed by atoms with van der Waals surface area (Å²) in [4.78, 5) is 52.6. The van der Waals surface area contributed by atoms with Crippen LogP contribution in [0, 0.1) is 5.92 Å². The predicted octanol–water partition coefficient (Wildman–Crippen LogP) is 1.26. The van der Waals surface area contributed by atoms with Crippen LogP contribution in [0.15, 0.2) is 24.3 Å². The van der Waals surface area contributed by atoms with Crippen molar-refractivity contribution < 1.29 is 28.7 Å². The Labute approximate surface area is 162 Å². The third-order valence-corrected chi connectivity index (χ3v) is 5.80. The zero-order chi connectivity index (χ0) is 19.8. The number of carbonyl (C=O) groups is 4. The molecule has 0 bridgehead atoms. The Morgan fingerprint density at radius 1 is 1.11 bits per heavy atom. The molecule has 1 aromatic rings. The van der Waals surface area contributed by atoms with Crippen LogP contribution in [0.25, 0.3) is 0 Å². The maximum absolute atomic E-state index is 13.1. The molecule has 0 aliphatic carbocycles. The van der Waals surface area contributed by atoms with Gasteiger partial charge in [0.1, 0.15) is 6.04 Å². The van der Waals surface area contributed by atoms with Gasteiger partial charge in [-0.1, -0.05) is 18.2 Å². The monoisotopic (exact) mass is 386 g/mol. The van der Waals surface area contributed by atoms with E-state index in [0.29, 0.717) is 43.5 Å². The number of rotatable bonds is 3. The summed E-state index contributed by atoms with van der Waals surface area (Å²) in [5.41, 5.74) is 1.04. The molecule has 2 amide bonds. The van der Waals surface area contributed by atoms with Gasteiger partial charge in [0.25, 0.3) is 0 Å². The zero-order valence-corrected chi connectivity index (χ0v) is 15.6. The molecule has 2 saturated heterocycles. The van der Waals surface area contributed by atoms with E-state index in [1.165, 1.54) is 12.0 Å². The lowest BCUT2D eigenvalue weighted by atomic mass is 9.96. The molecule has 3 aliphatic rings. The van der Waals surface area contributed by atoms with Crippen molar-refractivity contribution in [3.05, 3.63) is 35.4 Å². The lowest BCUT2D eigenvalue weighted by Gasteiger charge is -2.36. The molecular formula is C20H22N2O6. The summed E-state index contributed by atoms with van der Waals surface area (Å²) in [7, 11) is 1.36. The average molecular weight is 386 g/mol. The highest BCUT2D eigenvalue weighted by Crippen LogP contribution is 2.38. The fourth-order valence-electron chi connectivity index (χ4n) is 4.29. The van der Waals surface area contributed by atoms with Gasteiger partial charge in [-0.25, -0.2) is 4.79 Å². The van der Waals surface area contributed by atoms with Crippen molar-refractivity contribution in [1.29, 1.82) is 0 Å². The zero-order valence-electron chi connectivity index (χ0n) is 15.6. The van der Waals surface area contributed by atoms with E-state index in [0.717, 1.165) is 0 Å². The molecule has 0 aromatic heterocycles. The minimum atomic E-state index is -0.861. The van der Waals surface area contributed by atoms with Gasteiger partial charge in [-0.3, -0.25) is 19.3 Å². The maximum atomic E-state index is 13.1. The van der Waals surface area contributed by atoms with Crippen molar-refractivity contribution in [2.75, 3.05) is 20.2 Å². The fraction of sp³-hybridized carbons (Fsp3) is 0.500. The molecule has 148 valence electrons. The number of nitrogens with zero attached hydrogens (tertiary/aromatic N) is 2. The Kier molecular flexibility index (Phi) is 4.78. The highest BCUT2D eigenvalue weighted by Gasteiger charge is 2.47. The van der Waals surface area contributed by atoms with Crippen LogP contribution in [0.3, 0.4) is 0 Å². The number of fused-ring (bicyclic) bond motifs is 1. The number of ether oxygens (including phenoxy) is 2. The average Bonchev–Trinajstić information content (AvgIpc) is 3.27. The predicted molar refractivity (Wildman–Crippen MR) is 95.8 cm³/mol. The van der Waals surface area contributed by atoms with E-state index in [4.69, 9.17) is 9.47 Å². The van der Waals surface area contributed by atoms with Gasteiger partial charge in [-0.15, -0.1) is 0 Å². The van der Waals surface area contributed by atoms with Crippen molar-refractivity contribution in [3.63, 3.8) is 0 Å². The summed E-state index contributed by atoms with van der Waals surface area (Å²) in [6.07, 6.45) is 0.858. The van der Waals surface area contributed by atoms with Gasteiger partial charge < -0.3 is 14.4 Å².